The summed E-state index contributed by atoms with van der Waals surface area (Å²) in [7, 11) is 1.69. The highest BCUT2D eigenvalue weighted by Gasteiger charge is 2.25. The van der Waals surface area contributed by atoms with Crippen molar-refractivity contribution in [1.82, 2.24) is 15.0 Å². The lowest BCUT2D eigenvalue weighted by atomic mass is 9.92. The predicted molar refractivity (Wildman–Crippen MR) is 93.1 cm³/mol. The van der Waals surface area contributed by atoms with Gasteiger partial charge in [-0.3, -0.25) is 0 Å². The van der Waals surface area contributed by atoms with E-state index < -0.39 is 0 Å². The summed E-state index contributed by atoms with van der Waals surface area (Å²) >= 11 is 0. The maximum atomic E-state index is 5.33. The van der Waals surface area contributed by atoms with E-state index in [9.17, 15) is 0 Å². The van der Waals surface area contributed by atoms with Crippen molar-refractivity contribution in [2.24, 2.45) is 11.8 Å². The molecule has 5 nitrogen and oxygen atoms in total. The number of hydrogen-bond acceptors (Lipinski definition) is 4. The number of ether oxygens (including phenoxy) is 1. The molecule has 4 rings (SSSR count). The molecule has 2 atom stereocenters. The third-order valence-corrected chi connectivity index (χ3v) is 4.74. The molecule has 1 N–H and O–H groups in total. The SMILES string of the molecule is COc1ccc2c(c1)[nH]c1c(N3CC(C)CC(C)C3)ncnc12. The normalized spacial score (nSPS) is 22.0. The fourth-order valence-corrected chi connectivity index (χ4v) is 3.87. The summed E-state index contributed by atoms with van der Waals surface area (Å²) in [5.74, 6) is 3.24. The molecule has 1 fully saturated rings. The third kappa shape index (κ3) is 2.40. The number of anilines is 1. The van der Waals surface area contributed by atoms with Gasteiger partial charge in [0.1, 0.15) is 23.1 Å². The highest BCUT2D eigenvalue weighted by molar-refractivity contribution is 6.08. The average molecular weight is 310 g/mol. The lowest BCUT2D eigenvalue weighted by Gasteiger charge is -2.35. The number of hydrogen-bond donors (Lipinski definition) is 1. The standard InChI is InChI=1S/C18H22N4O/c1-11-6-12(2)9-22(8-11)18-17-16(19-10-20-18)14-5-4-13(23-3)7-15(14)21-17/h4-5,7,10-12,21H,6,8-9H2,1-3H3. The van der Waals surface area contributed by atoms with Crippen molar-refractivity contribution in [2.45, 2.75) is 20.3 Å². The van der Waals surface area contributed by atoms with Gasteiger partial charge in [-0.2, -0.15) is 0 Å². The summed E-state index contributed by atoms with van der Waals surface area (Å²) in [6, 6.07) is 6.05. The zero-order valence-corrected chi connectivity index (χ0v) is 13.8. The number of rotatable bonds is 2. The van der Waals surface area contributed by atoms with Crippen LogP contribution in [-0.2, 0) is 0 Å². The van der Waals surface area contributed by atoms with E-state index >= 15 is 0 Å². The van der Waals surface area contributed by atoms with Crippen LogP contribution in [0.5, 0.6) is 5.75 Å². The van der Waals surface area contributed by atoms with Gasteiger partial charge >= 0.3 is 0 Å². The van der Waals surface area contributed by atoms with Crippen molar-refractivity contribution in [1.29, 1.82) is 0 Å². The Balaban J connectivity index is 1.87. The molecular formula is C18H22N4O. The van der Waals surface area contributed by atoms with Crippen molar-refractivity contribution < 1.29 is 4.74 Å². The Morgan fingerprint density at radius 3 is 2.70 bits per heavy atom. The first-order valence-electron chi connectivity index (χ1n) is 8.21. The van der Waals surface area contributed by atoms with Crippen molar-refractivity contribution in [3.63, 3.8) is 0 Å². The molecule has 1 aromatic carbocycles. The number of piperidine rings is 1. The second kappa shape index (κ2) is 5.41. The molecule has 1 aliphatic heterocycles. The first-order chi connectivity index (χ1) is 11.2. The number of methoxy groups -OCH3 is 1. The predicted octanol–water partition coefficient (Wildman–Crippen LogP) is 3.60. The molecular weight excluding hydrogens is 288 g/mol. The monoisotopic (exact) mass is 310 g/mol. The Bertz CT molecular complexity index is 847. The molecule has 5 heteroatoms. The van der Waals surface area contributed by atoms with Gasteiger partial charge in [0.15, 0.2) is 5.82 Å². The van der Waals surface area contributed by atoms with Gasteiger partial charge in [0.25, 0.3) is 0 Å². The Morgan fingerprint density at radius 2 is 1.96 bits per heavy atom. The minimum Gasteiger partial charge on any atom is -0.497 e. The van der Waals surface area contributed by atoms with Crippen LogP contribution in [0.25, 0.3) is 21.9 Å². The average Bonchev–Trinajstić information content (AvgIpc) is 2.91. The number of fused-ring (bicyclic) bond motifs is 3. The second-order valence-electron chi connectivity index (χ2n) is 6.81. The molecule has 23 heavy (non-hydrogen) atoms. The zero-order valence-electron chi connectivity index (χ0n) is 13.8. The lowest BCUT2D eigenvalue weighted by Crippen LogP contribution is -2.39. The van der Waals surface area contributed by atoms with E-state index in [2.05, 4.69) is 39.8 Å². The van der Waals surface area contributed by atoms with E-state index in [0.717, 1.165) is 46.6 Å². The fraction of sp³-hybridized carbons (Fsp3) is 0.444. The molecule has 0 aliphatic carbocycles. The van der Waals surface area contributed by atoms with Gasteiger partial charge in [0, 0.05) is 24.5 Å². The first-order valence-corrected chi connectivity index (χ1v) is 8.21. The summed E-state index contributed by atoms with van der Waals surface area (Å²) in [5, 5.41) is 1.11. The van der Waals surface area contributed by atoms with Crippen molar-refractivity contribution >= 4 is 27.8 Å². The zero-order chi connectivity index (χ0) is 16.0. The van der Waals surface area contributed by atoms with Crippen LogP contribution in [0.2, 0.25) is 0 Å². The van der Waals surface area contributed by atoms with E-state index in [1.807, 2.05) is 12.1 Å². The van der Waals surface area contributed by atoms with Gasteiger partial charge in [-0.25, -0.2) is 9.97 Å². The minimum atomic E-state index is 0.688. The van der Waals surface area contributed by atoms with Crippen LogP contribution < -0.4 is 9.64 Å². The summed E-state index contributed by atoms with van der Waals surface area (Å²) in [4.78, 5) is 15.0. The molecule has 0 bridgehead atoms. The third-order valence-electron chi connectivity index (χ3n) is 4.74. The maximum Gasteiger partial charge on any atom is 0.156 e. The van der Waals surface area contributed by atoms with Gasteiger partial charge in [0.2, 0.25) is 0 Å². The fourth-order valence-electron chi connectivity index (χ4n) is 3.87. The topological polar surface area (TPSA) is 54.0 Å². The van der Waals surface area contributed by atoms with Crippen LogP contribution in [0.4, 0.5) is 5.82 Å². The first kappa shape index (κ1) is 14.3. The van der Waals surface area contributed by atoms with E-state index in [4.69, 9.17) is 4.74 Å². The highest BCUT2D eigenvalue weighted by Crippen LogP contribution is 2.33. The minimum absolute atomic E-state index is 0.688. The molecule has 2 aromatic heterocycles. The Morgan fingerprint density at radius 1 is 1.17 bits per heavy atom. The number of H-pyrrole nitrogens is 1. The van der Waals surface area contributed by atoms with Gasteiger partial charge in [-0.15, -0.1) is 0 Å². The van der Waals surface area contributed by atoms with Crippen molar-refractivity contribution in [2.75, 3.05) is 25.1 Å². The van der Waals surface area contributed by atoms with Gasteiger partial charge in [0.05, 0.1) is 12.6 Å². The van der Waals surface area contributed by atoms with Gasteiger partial charge < -0.3 is 14.6 Å². The quantitative estimate of drug-likeness (QED) is 0.786. The van der Waals surface area contributed by atoms with E-state index in [1.54, 1.807) is 13.4 Å². The molecule has 3 heterocycles. The molecule has 3 aromatic rings. The number of benzene rings is 1. The van der Waals surface area contributed by atoms with Crippen LogP contribution >= 0.6 is 0 Å². The Hall–Kier alpha value is -2.30. The molecule has 0 amide bonds. The summed E-state index contributed by atoms with van der Waals surface area (Å²) < 4.78 is 5.33. The highest BCUT2D eigenvalue weighted by atomic mass is 16.5. The number of nitrogens with one attached hydrogen (secondary N) is 1. The van der Waals surface area contributed by atoms with Crippen molar-refractivity contribution in [3.8, 4) is 5.75 Å². The number of nitrogens with zero attached hydrogens (tertiary/aromatic N) is 3. The maximum absolute atomic E-state index is 5.33. The van der Waals surface area contributed by atoms with Crippen LogP contribution in [0.1, 0.15) is 20.3 Å². The second-order valence-corrected chi connectivity index (χ2v) is 6.81. The summed E-state index contributed by atoms with van der Waals surface area (Å²) in [6.07, 6.45) is 2.97. The molecule has 120 valence electrons. The van der Waals surface area contributed by atoms with E-state index in [-0.39, 0.29) is 0 Å². The smallest absolute Gasteiger partial charge is 0.156 e. The van der Waals surface area contributed by atoms with Crippen molar-refractivity contribution in [3.05, 3.63) is 24.5 Å². The molecule has 2 unspecified atom stereocenters. The van der Waals surface area contributed by atoms with Crippen LogP contribution in [-0.4, -0.2) is 35.2 Å². The summed E-state index contributed by atoms with van der Waals surface area (Å²) in [6.45, 7) is 6.73. The van der Waals surface area contributed by atoms with Crippen LogP contribution in [0.15, 0.2) is 24.5 Å². The molecule has 0 radical (unpaired) electrons. The molecule has 0 spiro atoms. The van der Waals surface area contributed by atoms with Gasteiger partial charge in [-0.1, -0.05) is 13.8 Å². The Kier molecular flexibility index (Phi) is 3.36. The van der Waals surface area contributed by atoms with Crippen LogP contribution in [0, 0.1) is 11.8 Å². The van der Waals surface area contributed by atoms with Crippen LogP contribution in [0.3, 0.4) is 0 Å². The number of aromatic nitrogens is 3. The van der Waals surface area contributed by atoms with E-state index in [1.165, 1.54) is 6.42 Å². The van der Waals surface area contributed by atoms with Gasteiger partial charge in [-0.05, 0) is 30.4 Å². The summed E-state index contributed by atoms with van der Waals surface area (Å²) in [5.41, 5.74) is 3.05. The lowest BCUT2D eigenvalue weighted by molar-refractivity contribution is 0.356. The number of aromatic amines is 1. The van der Waals surface area contributed by atoms with E-state index in [0.29, 0.717) is 11.8 Å². The Labute approximate surface area is 135 Å². The molecule has 0 saturated carbocycles. The molecule has 1 saturated heterocycles. The largest absolute Gasteiger partial charge is 0.497 e. The molecule has 1 aliphatic rings.